The summed E-state index contributed by atoms with van der Waals surface area (Å²) in [6, 6.07) is -0.0400. The van der Waals surface area contributed by atoms with Gasteiger partial charge in [0.15, 0.2) is 0 Å². The molecule has 2 heterocycles. The van der Waals surface area contributed by atoms with Gasteiger partial charge in [0.25, 0.3) is 0 Å². The summed E-state index contributed by atoms with van der Waals surface area (Å²) >= 11 is 0. The van der Waals surface area contributed by atoms with E-state index >= 15 is 0 Å². The van der Waals surface area contributed by atoms with Gasteiger partial charge in [-0.2, -0.15) is 0 Å². The summed E-state index contributed by atoms with van der Waals surface area (Å²) in [7, 11) is 0. The third-order valence-corrected chi connectivity index (χ3v) is 2.82. The minimum Gasteiger partial charge on any atom is -0.487 e. The van der Waals surface area contributed by atoms with Crippen LogP contribution in [0.15, 0.2) is 40.1 Å². The van der Waals surface area contributed by atoms with Crippen LogP contribution in [0.25, 0.3) is 0 Å². The molecule has 0 spiro atoms. The van der Waals surface area contributed by atoms with E-state index in [1.807, 2.05) is 12.2 Å². The Bertz CT molecular complexity index is 456. The second kappa shape index (κ2) is 2.82. The maximum Gasteiger partial charge on any atom is 0.332 e. The van der Waals surface area contributed by atoms with Gasteiger partial charge in [-0.05, 0) is 18.2 Å². The van der Waals surface area contributed by atoms with Gasteiger partial charge < -0.3 is 9.84 Å². The minimum absolute atomic E-state index is 0.0356. The fourth-order valence-corrected chi connectivity index (χ4v) is 2.11. The van der Waals surface area contributed by atoms with E-state index in [1.165, 1.54) is 0 Å². The molecule has 0 saturated carbocycles. The molecule has 1 N–H and O–H groups in total. The van der Waals surface area contributed by atoms with Crippen molar-refractivity contribution in [2.75, 3.05) is 0 Å². The molecule has 0 bridgehead atoms. The second-order valence-electron chi connectivity index (χ2n) is 3.74. The number of hydrogen-bond donors (Lipinski definition) is 1. The van der Waals surface area contributed by atoms with E-state index in [0.29, 0.717) is 12.0 Å². The molecule has 0 radical (unpaired) electrons. The number of aliphatic imine (C=N–C) groups is 1. The minimum atomic E-state index is -0.875. The van der Waals surface area contributed by atoms with Gasteiger partial charge in [-0.25, -0.2) is 4.79 Å². The highest BCUT2D eigenvalue weighted by molar-refractivity contribution is 5.89. The van der Waals surface area contributed by atoms with Crippen molar-refractivity contribution >= 4 is 12.2 Å². The zero-order valence-corrected chi connectivity index (χ0v) is 7.88. The van der Waals surface area contributed by atoms with Crippen molar-refractivity contribution in [3.05, 3.63) is 35.1 Å². The summed E-state index contributed by atoms with van der Waals surface area (Å²) in [5, 5.41) is 8.86. The number of aliphatic carboxylic acids is 1. The first-order chi connectivity index (χ1) is 7.25. The van der Waals surface area contributed by atoms with E-state index in [2.05, 4.69) is 4.99 Å². The first kappa shape index (κ1) is 8.47. The number of carboxylic acids is 1. The second-order valence-corrected chi connectivity index (χ2v) is 3.74. The molecule has 0 aromatic heterocycles. The maximum atomic E-state index is 10.8. The van der Waals surface area contributed by atoms with Crippen molar-refractivity contribution in [2.45, 2.75) is 18.6 Å². The average Bonchev–Trinajstić information content (AvgIpc) is 2.73. The van der Waals surface area contributed by atoms with E-state index in [4.69, 9.17) is 9.84 Å². The molecule has 76 valence electrons. The van der Waals surface area contributed by atoms with Crippen LogP contribution in [-0.2, 0) is 9.53 Å². The summed E-state index contributed by atoms with van der Waals surface area (Å²) < 4.78 is 5.63. The SMILES string of the molecule is O=C(O)C1=CC2=C(C1)OC1C=CC=NC21. The van der Waals surface area contributed by atoms with Crippen molar-refractivity contribution in [3.63, 3.8) is 0 Å². The van der Waals surface area contributed by atoms with E-state index in [0.717, 1.165) is 11.3 Å². The van der Waals surface area contributed by atoms with Crippen LogP contribution in [0.4, 0.5) is 0 Å². The largest absolute Gasteiger partial charge is 0.487 e. The van der Waals surface area contributed by atoms with Crippen LogP contribution in [0.1, 0.15) is 6.42 Å². The predicted octanol–water partition coefficient (Wildman–Crippen LogP) is 1.06. The molecule has 0 fully saturated rings. The van der Waals surface area contributed by atoms with Gasteiger partial charge in [-0.15, -0.1) is 0 Å². The third kappa shape index (κ3) is 1.14. The Hall–Kier alpha value is -1.84. The Labute approximate surface area is 86.3 Å². The molecule has 1 aliphatic carbocycles. The van der Waals surface area contributed by atoms with Crippen LogP contribution in [-0.4, -0.2) is 29.4 Å². The molecule has 0 aromatic carbocycles. The van der Waals surface area contributed by atoms with Crippen LogP contribution in [0, 0.1) is 0 Å². The number of carbonyl (C=O) groups is 1. The van der Waals surface area contributed by atoms with Crippen LogP contribution >= 0.6 is 0 Å². The van der Waals surface area contributed by atoms with E-state index in [9.17, 15) is 4.79 Å². The number of allylic oxidation sites excluding steroid dienone is 2. The molecule has 15 heavy (non-hydrogen) atoms. The van der Waals surface area contributed by atoms with Gasteiger partial charge in [0.1, 0.15) is 17.9 Å². The molecule has 2 atom stereocenters. The van der Waals surface area contributed by atoms with Gasteiger partial charge >= 0.3 is 5.97 Å². The van der Waals surface area contributed by atoms with Gasteiger partial charge in [-0.3, -0.25) is 4.99 Å². The van der Waals surface area contributed by atoms with Crippen LogP contribution in [0.5, 0.6) is 0 Å². The molecule has 0 aromatic rings. The van der Waals surface area contributed by atoms with E-state index < -0.39 is 5.97 Å². The zero-order valence-electron chi connectivity index (χ0n) is 7.88. The summed E-state index contributed by atoms with van der Waals surface area (Å²) in [6.07, 6.45) is 7.58. The highest BCUT2D eigenvalue weighted by Crippen LogP contribution is 2.39. The lowest BCUT2D eigenvalue weighted by Gasteiger charge is -2.16. The van der Waals surface area contributed by atoms with Gasteiger partial charge in [0.05, 0.1) is 0 Å². The molecule has 2 unspecified atom stereocenters. The number of hydrogen-bond acceptors (Lipinski definition) is 3. The van der Waals surface area contributed by atoms with E-state index in [1.54, 1.807) is 12.3 Å². The Morgan fingerprint density at radius 2 is 2.47 bits per heavy atom. The molecule has 0 amide bonds. The molecule has 4 heteroatoms. The van der Waals surface area contributed by atoms with Crippen molar-refractivity contribution in [3.8, 4) is 0 Å². The van der Waals surface area contributed by atoms with Crippen LogP contribution in [0.3, 0.4) is 0 Å². The zero-order chi connectivity index (χ0) is 10.4. The monoisotopic (exact) mass is 203 g/mol. The van der Waals surface area contributed by atoms with E-state index in [-0.39, 0.29) is 12.1 Å². The standard InChI is InChI=1S/C11H9NO3/c13-11(14)6-4-7-9(5-6)15-8-2-1-3-12-10(7)8/h1-4,8,10H,5H2,(H,13,14). The molecule has 0 saturated heterocycles. The Balaban J connectivity index is 1.93. The molecule has 3 rings (SSSR count). The van der Waals surface area contributed by atoms with Gasteiger partial charge in [0, 0.05) is 23.8 Å². The number of rotatable bonds is 1. The Morgan fingerprint density at radius 3 is 3.27 bits per heavy atom. The Morgan fingerprint density at radius 1 is 1.60 bits per heavy atom. The lowest BCUT2D eigenvalue weighted by molar-refractivity contribution is -0.132. The number of fused-ring (bicyclic) bond motifs is 2. The topological polar surface area (TPSA) is 58.9 Å². The summed E-state index contributed by atoms with van der Waals surface area (Å²) in [4.78, 5) is 15.1. The van der Waals surface area contributed by atoms with Crippen LogP contribution < -0.4 is 0 Å². The normalized spacial score (nSPS) is 31.1. The predicted molar refractivity (Wildman–Crippen MR) is 53.7 cm³/mol. The first-order valence-corrected chi connectivity index (χ1v) is 4.79. The fraction of sp³-hybridized carbons (Fsp3) is 0.273. The number of nitrogens with zero attached hydrogens (tertiary/aromatic N) is 1. The fourth-order valence-electron chi connectivity index (χ4n) is 2.11. The number of dihydropyridines is 1. The highest BCUT2D eigenvalue weighted by atomic mass is 16.5. The molecule has 2 aliphatic heterocycles. The van der Waals surface area contributed by atoms with Gasteiger partial charge in [-0.1, -0.05) is 0 Å². The quantitative estimate of drug-likeness (QED) is 0.693. The highest BCUT2D eigenvalue weighted by Gasteiger charge is 2.38. The number of carboxylic acid groups (broad SMARTS) is 1. The average molecular weight is 203 g/mol. The summed E-state index contributed by atoms with van der Waals surface area (Å²) in [5.41, 5.74) is 1.32. The van der Waals surface area contributed by atoms with Crippen molar-refractivity contribution in [1.29, 1.82) is 0 Å². The molecule has 3 aliphatic rings. The lowest BCUT2D eigenvalue weighted by Crippen LogP contribution is -2.23. The summed E-state index contributed by atoms with van der Waals surface area (Å²) in [6.45, 7) is 0. The Kier molecular flexibility index (Phi) is 1.59. The first-order valence-electron chi connectivity index (χ1n) is 4.79. The number of ether oxygens (including phenoxy) is 1. The molecule has 4 nitrogen and oxygen atoms in total. The third-order valence-electron chi connectivity index (χ3n) is 2.82. The lowest BCUT2D eigenvalue weighted by atomic mass is 10.0. The smallest absolute Gasteiger partial charge is 0.332 e. The van der Waals surface area contributed by atoms with Crippen molar-refractivity contribution in [1.82, 2.24) is 0 Å². The summed E-state index contributed by atoms with van der Waals surface area (Å²) in [5.74, 6) is -0.106. The van der Waals surface area contributed by atoms with Crippen LogP contribution in [0.2, 0.25) is 0 Å². The van der Waals surface area contributed by atoms with Gasteiger partial charge in [0.2, 0.25) is 0 Å². The maximum absolute atomic E-state index is 10.8. The van der Waals surface area contributed by atoms with Crippen molar-refractivity contribution in [2.24, 2.45) is 4.99 Å². The molecular formula is C11H9NO3. The molecular weight excluding hydrogens is 194 g/mol. The van der Waals surface area contributed by atoms with Crippen molar-refractivity contribution < 1.29 is 14.6 Å².